The second-order valence-electron chi connectivity index (χ2n) is 12.3. The minimum Gasteiger partial charge on any atom is -0.309 e. The van der Waals surface area contributed by atoms with Crippen LogP contribution in [0.1, 0.15) is 16.7 Å². The van der Waals surface area contributed by atoms with Gasteiger partial charge in [0.2, 0.25) is 0 Å². The molecule has 0 amide bonds. The predicted octanol–water partition coefficient (Wildman–Crippen LogP) is 10.8. The van der Waals surface area contributed by atoms with E-state index in [0.717, 1.165) is 77.2 Å². The molecule has 9 aromatic rings. The van der Waals surface area contributed by atoms with E-state index in [1.54, 1.807) is 0 Å². The van der Waals surface area contributed by atoms with Crippen LogP contribution in [0.25, 0.3) is 77.2 Å². The fourth-order valence-corrected chi connectivity index (χ4v) is 7.47. The van der Waals surface area contributed by atoms with Crippen LogP contribution in [0.3, 0.4) is 0 Å². The molecule has 0 saturated heterocycles. The third-order valence-corrected chi connectivity index (χ3v) is 9.64. The zero-order valence-electron chi connectivity index (χ0n) is 26.7. The lowest BCUT2D eigenvalue weighted by Crippen LogP contribution is -1.99. The molecule has 0 fully saturated rings. The molecule has 0 N–H and O–H groups in total. The quantitative estimate of drug-likeness (QED) is 0.193. The average Bonchev–Trinajstić information content (AvgIpc) is 3.70. The van der Waals surface area contributed by atoms with Crippen LogP contribution < -0.4 is 0 Å². The second kappa shape index (κ2) is 11.4. The van der Waals surface area contributed by atoms with E-state index in [-0.39, 0.29) is 0 Å². The number of nitrogens with zero attached hydrogens (tertiary/aromatic N) is 5. The van der Waals surface area contributed by atoms with E-state index in [4.69, 9.17) is 0 Å². The minimum absolute atomic E-state index is 0.575. The number of nitriles is 3. The maximum atomic E-state index is 10.0. The predicted molar refractivity (Wildman–Crippen MR) is 200 cm³/mol. The summed E-state index contributed by atoms with van der Waals surface area (Å²) in [6, 6.07) is 57.8. The molecule has 7 aromatic carbocycles. The number of para-hydroxylation sites is 3. The molecule has 0 saturated carbocycles. The summed E-state index contributed by atoms with van der Waals surface area (Å²) >= 11 is 0. The number of hydrogen-bond donors (Lipinski definition) is 0. The van der Waals surface area contributed by atoms with Crippen LogP contribution in [0.5, 0.6) is 0 Å². The molecule has 0 aliphatic carbocycles. The summed E-state index contributed by atoms with van der Waals surface area (Å²) in [6.07, 6.45) is 0. The van der Waals surface area contributed by atoms with Gasteiger partial charge in [0.05, 0.1) is 62.7 Å². The highest BCUT2D eigenvalue weighted by atomic mass is 15.0. The number of aromatic nitrogens is 2. The zero-order valence-corrected chi connectivity index (χ0v) is 26.7. The van der Waals surface area contributed by atoms with Crippen molar-refractivity contribution in [2.24, 2.45) is 0 Å². The molecule has 0 radical (unpaired) electrons. The molecule has 0 aliphatic rings. The molecule has 0 aliphatic heterocycles. The second-order valence-corrected chi connectivity index (χ2v) is 12.3. The SMILES string of the molecule is N#Cc1ccc(-c2ccc(-n3c4ccccc4c4cc(C#N)ccc43)cc2)c(-c2ccccc2-n2c3ccccc3c3c(C#N)cccc32)c1. The minimum atomic E-state index is 0.575. The van der Waals surface area contributed by atoms with Crippen LogP contribution in [0.15, 0.2) is 152 Å². The third-order valence-electron chi connectivity index (χ3n) is 9.64. The van der Waals surface area contributed by atoms with Crippen molar-refractivity contribution in [3.63, 3.8) is 0 Å². The van der Waals surface area contributed by atoms with Crippen LogP contribution >= 0.6 is 0 Å². The first-order valence-electron chi connectivity index (χ1n) is 16.3. The standard InChI is InChI=1S/C45H25N5/c46-26-29-16-22-34(31-18-20-33(21-19-31)49-40-12-4-2-10-36(40)39-25-30(27-47)17-23-43(39)49)38(24-29)35-9-1-5-13-41(35)50-42-14-6-3-11-37(42)45-32(28-48)8-7-15-44(45)50/h1-25H. The Hall–Kier alpha value is -7.39. The molecule has 0 unspecified atom stereocenters. The van der Waals surface area contributed by atoms with Gasteiger partial charge in [0.15, 0.2) is 0 Å². The zero-order chi connectivity index (χ0) is 33.8. The summed E-state index contributed by atoms with van der Waals surface area (Å²) < 4.78 is 4.47. The van der Waals surface area contributed by atoms with E-state index in [1.807, 2.05) is 84.9 Å². The van der Waals surface area contributed by atoms with Gasteiger partial charge in [0, 0.05) is 32.8 Å². The normalized spacial score (nSPS) is 11.1. The maximum Gasteiger partial charge on any atom is 0.0998 e. The van der Waals surface area contributed by atoms with Crippen molar-refractivity contribution in [3.05, 3.63) is 168 Å². The largest absolute Gasteiger partial charge is 0.309 e. The Bertz CT molecular complexity index is 2960. The first kappa shape index (κ1) is 28.8. The lowest BCUT2D eigenvalue weighted by Gasteiger charge is -2.17. The van der Waals surface area contributed by atoms with Gasteiger partial charge in [-0.2, -0.15) is 15.8 Å². The van der Waals surface area contributed by atoms with Crippen molar-refractivity contribution in [1.29, 1.82) is 15.8 Å². The van der Waals surface area contributed by atoms with E-state index >= 15 is 0 Å². The van der Waals surface area contributed by atoms with E-state index in [1.165, 1.54) is 0 Å². The van der Waals surface area contributed by atoms with Gasteiger partial charge in [-0.15, -0.1) is 0 Å². The molecule has 5 heteroatoms. The highest BCUT2D eigenvalue weighted by molar-refractivity contribution is 6.12. The number of rotatable bonds is 4. The number of hydrogen-bond acceptors (Lipinski definition) is 3. The Morgan fingerprint density at radius 2 is 1.04 bits per heavy atom. The van der Waals surface area contributed by atoms with Crippen LogP contribution in [0, 0.1) is 34.0 Å². The summed E-state index contributed by atoms with van der Waals surface area (Å²) in [7, 11) is 0. The van der Waals surface area contributed by atoms with Crippen molar-refractivity contribution in [2.45, 2.75) is 0 Å². The van der Waals surface area contributed by atoms with Gasteiger partial charge in [0.1, 0.15) is 0 Å². The molecular formula is C45H25N5. The van der Waals surface area contributed by atoms with Gasteiger partial charge in [-0.05, 0) is 89.5 Å². The van der Waals surface area contributed by atoms with Gasteiger partial charge >= 0.3 is 0 Å². The lowest BCUT2D eigenvalue weighted by molar-refractivity contribution is 1.18. The average molecular weight is 636 g/mol. The Kier molecular flexibility index (Phi) is 6.56. The van der Waals surface area contributed by atoms with Gasteiger partial charge in [0.25, 0.3) is 0 Å². The van der Waals surface area contributed by atoms with Crippen molar-refractivity contribution < 1.29 is 0 Å². The molecule has 2 heterocycles. The van der Waals surface area contributed by atoms with Crippen molar-refractivity contribution in [3.8, 4) is 51.8 Å². The van der Waals surface area contributed by atoms with E-state index in [2.05, 4.69) is 94.1 Å². The molecule has 50 heavy (non-hydrogen) atoms. The summed E-state index contributed by atoms with van der Waals surface area (Å²) in [5.74, 6) is 0. The van der Waals surface area contributed by atoms with Gasteiger partial charge in [-0.3, -0.25) is 0 Å². The van der Waals surface area contributed by atoms with Crippen LogP contribution in [0.4, 0.5) is 0 Å². The first-order chi connectivity index (χ1) is 24.7. The molecule has 0 bridgehead atoms. The van der Waals surface area contributed by atoms with Crippen molar-refractivity contribution in [1.82, 2.24) is 9.13 Å². The Balaban J connectivity index is 1.24. The fraction of sp³-hybridized carbons (Fsp3) is 0. The Morgan fingerprint density at radius 3 is 1.82 bits per heavy atom. The summed E-state index contributed by atoms with van der Waals surface area (Å²) in [5.41, 5.74) is 11.8. The Labute approximate surface area is 287 Å². The van der Waals surface area contributed by atoms with E-state index in [9.17, 15) is 15.8 Å². The van der Waals surface area contributed by atoms with Crippen LogP contribution in [0.2, 0.25) is 0 Å². The van der Waals surface area contributed by atoms with Gasteiger partial charge < -0.3 is 9.13 Å². The van der Waals surface area contributed by atoms with Crippen LogP contribution in [-0.4, -0.2) is 9.13 Å². The monoisotopic (exact) mass is 635 g/mol. The molecule has 5 nitrogen and oxygen atoms in total. The summed E-state index contributed by atoms with van der Waals surface area (Å²) in [5, 5.41) is 33.7. The fourth-order valence-electron chi connectivity index (χ4n) is 7.47. The van der Waals surface area contributed by atoms with E-state index in [0.29, 0.717) is 16.7 Å². The molecule has 2 aromatic heterocycles. The van der Waals surface area contributed by atoms with Crippen LogP contribution in [-0.2, 0) is 0 Å². The van der Waals surface area contributed by atoms with Crippen molar-refractivity contribution >= 4 is 43.6 Å². The van der Waals surface area contributed by atoms with Gasteiger partial charge in [-0.25, -0.2) is 0 Å². The van der Waals surface area contributed by atoms with Gasteiger partial charge in [-0.1, -0.05) is 78.9 Å². The summed E-state index contributed by atoms with van der Waals surface area (Å²) in [4.78, 5) is 0. The molecule has 0 atom stereocenters. The Morgan fingerprint density at radius 1 is 0.400 bits per heavy atom. The van der Waals surface area contributed by atoms with Crippen molar-refractivity contribution in [2.75, 3.05) is 0 Å². The number of fused-ring (bicyclic) bond motifs is 6. The highest BCUT2D eigenvalue weighted by Gasteiger charge is 2.20. The molecular weight excluding hydrogens is 611 g/mol. The highest BCUT2D eigenvalue weighted by Crippen LogP contribution is 2.41. The topological polar surface area (TPSA) is 81.2 Å². The summed E-state index contributed by atoms with van der Waals surface area (Å²) in [6.45, 7) is 0. The maximum absolute atomic E-state index is 10.0. The number of benzene rings is 7. The lowest BCUT2D eigenvalue weighted by atomic mass is 9.91. The molecule has 0 spiro atoms. The third kappa shape index (κ3) is 4.31. The van der Waals surface area contributed by atoms with E-state index < -0.39 is 0 Å². The molecule has 9 rings (SSSR count). The first-order valence-corrected chi connectivity index (χ1v) is 16.3. The smallest absolute Gasteiger partial charge is 0.0998 e. The molecule has 230 valence electrons.